The molecule has 0 aromatic rings. The van der Waals surface area contributed by atoms with Crippen molar-refractivity contribution in [3.05, 3.63) is 0 Å². The lowest BCUT2D eigenvalue weighted by Gasteiger charge is -2.10. The fourth-order valence-corrected chi connectivity index (χ4v) is 0.980. The minimum atomic E-state index is 0.447. The van der Waals surface area contributed by atoms with Gasteiger partial charge in [-0.2, -0.15) is 5.26 Å². The Morgan fingerprint density at radius 1 is 1.21 bits per heavy atom. The molecule has 0 atom stereocenters. The fraction of sp³-hybridized carbons (Fsp3) is 0.727. The minimum absolute atomic E-state index is 0.447. The molecule has 0 amide bonds. The molecular weight excluding hydrogens is 176 g/mol. The number of ether oxygens (including phenoxy) is 1. The number of rotatable bonds is 6. The molecule has 0 spiro atoms. The van der Waals surface area contributed by atoms with Crippen LogP contribution in [0.1, 0.15) is 20.3 Å². The van der Waals surface area contributed by atoms with E-state index in [0.29, 0.717) is 19.6 Å². The quantitative estimate of drug-likeness (QED) is 0.472. The van der Waals surface area contributed by atoms with E-state index in [1.54, 1.807) is 0 Å². The van der Waals surface area contributed by atoms with E-state index >= 15 is 0 Å². The van der Waals surface area contributed by atoms with E-state index in [2.05, 4.69) is 25.7 Å². The Morgan fingerprint density at radius 3 is 2.50 bits per heavy atom. The number of quaternary nitrogens is 1. The highest BCUT2D eigenvalue weighted by Gasteiger charge is 1.96. The van der Waals surface area contributed by atoms with Crippen molar-refractivity contribution >= 4 is 0 Å². The molecule has 14 heavy (non-hydrogen) atoms. The first-order valence-corrected chi connectivity index (χ1v) is 5.09. The number of hydrogen-bond donors (Lipinski definition) is 1. The van der Waals surface area contributed by atoms with E-state index in [-0.39, 0.29) is 0 Å². The Morgan fingerprint density at radius 2 is 1.93 bits per heavy atom. The largest absolute Gasteiger partial charge is 0.368 e. The molecule has 0 bridgehead atoms. The SMILES string of the molecule is CC[NH+](CC)CC#CCOCCC#N. The van der Waals surface area contributed by atoms with Crippen molar-refractivity contribution in [2.75, 3.05) is 32.8 Å². The zero-order chi connectivity index (χ0) is 10.6. The highest BCUT2D eigenvalue weighted by Crippen LogP contribution is 1.77. The van der Waals surface area contributed by atoms with Crippen LogP contribution in [0.2, 0.25) is 0 Å². The predicted octanol–water partition coefficient (Wildman–Crippen LogP) is -0.155. The van der Waals surface area contributed by atoms with Crippen LogP contribution in [0.4, 0.5) is 0 Å². The van der Waals surface area contributed by atoms with Crippen molar-refractivity contribution in [1.29, 1.82) is 5.26 Å². The maximum Gasteiger partial charge on any atom is 0.139 e. The molecule has 0 aliphatic carbocycles. The summed E-state index contributed by atoms with van der Waals surface area (Å²) in [6, 6.07) is 2.02. The van der Waals surface area contributed by atoms with Gasteiger partial charge in [0.05, 0.1) is 32.2 Å². The number of nitriles is 1. The second-order valence-corrected chi connectivity index (χ2v) is 2.95. The molecule has 3 nitrogen and oxygen atoms in total. The second-order valence-electron chi connectivity index (χ2n) is 2.95. The van der Waals surface area contributed by atoms with E-state index in [1.807, 2.05) is 6.07 Å². The van der Waals surface area contributed by atoms with Crippen molar-refractivity contribution in [1.82, 2.24) is 0 Å². The zero-order valence-electron chi connectivity index (χ0n) is 9.10. The van der Waals surface area contributed by atoms with Crippen molar-refractivity contribution in [2.24, 2.45) is 0 Å². The molecule has 0 unspecified atom stereocenters. The average molecular weight is 195 g/mol. The summed E-state index contributed by atoms with van der Waals surface area (Å²) >= 11 is 0. The van der Waals surface area contributed by atoms with Crippen LogP contribution in [-0.2, 0) is 4.74 Å². The van der Waals surface area contributed by atoms with Gasteiger partial charge < -0.3 is 9.64 Å². The third kappa shape index (κ3) is 7.61. The monoisotopic (exact) mass is 195 g/mol. The van der Waals surface area contributed by atoms with Crippen LogP contribution in [-0.4, -0.2) is 32.8 Å². The summed E-state index contributed by atoms with van der Waals surface area (Å²) in [5.41, 5.74) is 0. The maximum absolute atomic E-state index is 8.24. The van der Waals surface area contributed by atoms with Gasteiger partial charge in [-0.3, -0.25) is 0 Å². The smallest absolute Gasteiger partial charge is 0.139 e. The third-order valence-corrected chi connectivity index (χ3v) is 2.00. The number of nitrogens with zero attached hydrogens (tertiary/aromatic N) is 1. The Bertz CT molecular complexity index is 218. The van der Waals surface area contributed by atoms with E-state index in [9.17, 15) is 0 Å². The van der Waals surface area contributed by atoms with Gasteiger partial charge in [-0.15, -0.1) is 0 Å². The molecule has 0 aliphatic heterocycles. The highest BCUT2D eigenvalue weighted by atomic mass is 16.5. The van der Waals surface area contributed by atoms with Crippen molar-refractivity contribution in [2.45, 2.75) is 20.3 Å². The van der Waals surface area contributed by atoms with Crippen molar-refractivity contribution < 1.29 is 9.64 Å². The van der Waals surface area contributed by atoms with Gasteiger partial charge in [0.2, 0.25) is 0 Å². The molecule has 0 saturated heterocycles. The summed E-state index contributed by atoms with van der Waals surface area (Å²) in [5.74, 6) is 6.01. The lowest BCUT2D eigenvalue weighted by molar-refractivity contribution is -0.889. The molecule has 78 valence electrons. The Balaban J connectivity index is 3.39. The average Bonchev–Trinajstić information content (AvgIpc) is 2.22. The molecule has 0 saturated carbocycles. The topological polar surface area (TPSA) is 37.5 Å². The standard InChI is InChI=1S/C11H18N2O/c1-3-13(4-2)9-5-6-10-14-11-7-8-12/h3-4,7,9-11H2,1-2H3/p+1. The van der Waals surface area contributed by atoms with E-state index < -0.39 is 0 Å². The summed E-state index contributed by atoms with van der Waals surface area (Å²) < 4.78 is 5.12. The maximum atomic E-state index is 8.24. The van der Waals surface area contributed by atoms with Gasteiger partial charge in [0.25, 0.3) is 0 Å². The van der Waals surface area contributed by atoms with Crippen LogP contribution in [0, 0.1) is 23.2 Å². The first-order valence-electron chi connectivity index (χ1n) is 5.09. The fourth-order valence-electron chi connectivity index (χ4n) is 0.980. The Labute approximate surface area is 86.7 Å². The van der Waals surface area contributed by atoms with Crippen LogP contribution in [0.15, 0.2) is 0 Å². The molecule has 0 heterocycles. The highest BCUT2D eigenvalue weighted by molar-refractivity contribution is 4.98. The molecule has 1 N–H and O–H groups in total. The van der Waals surface area contributed by atoms with Gasteiger partial charge in [-0.05, 0) is 19.8 Å². The zero-order valence-corrected chi connectivity index (χ0v) is 9.10. The van der Waals surface area contributed by atoms with Crippen molar-refractivity contribution in [3.63, 3.8) is 0 Å². The van der Waals surface area contributed by atoms with Crippen LogP contribution >= 0.6 is 0 Å². The van der Waals surface area contributed by atoms with E-state index in [1.165, 1.54) is 4.90 Å². The second kappa shape index (κ2) is 10.1. The number of hydrogen-bond acceptors (Lipinski definition) is 2. The van der Waals surface area contributed by atoms with E-state index in [0.717, 1.165) is 19.6 Å². The Hall–Kier alpha value is -1.03. The van der Waals surface area contributed by atoms with Gasteiger partial charge in [0.1, 0.15) is 13.2 Å². The lowest BCUT2D eigenvalue weighted by atomic mass is 10.4. The molecule has 0 radical (unpaired) electrons. The first kappa shape index (κ1) is 13.0. The van der Waals surface area contributed by atoms with Crippen LogP contribution in [0.5, 0.6) is 0 Å². The van der Waals surface area contributed by atoms with Gasteiger partial charge >= 0.3 is 0 Å². The van der Waals surface area contributed by atoms with Gasteiger partial charge in [-0.1, -0.05) is 5.92 Å². The van der Waals surface area contributed by atoms with Crippen LogP contribution < -0.4 is 4.90 Å². The third-order valence-electron chi connectivity index (χ3n) is 2.00. The van der Waals surface area contributed by atoms with Gasteiger partial charge in [0.15, 0.2) is 0 Å². The van der Waals surface area contributed by atoms with Crippen molar-refractivity contribution in [3.8, 4) is 17.9 Å². The summed E-state index contributed by atoms with van der Waals surface area (Å²) in [7, 11) is 0. The molecule has 0 aromatic heterocycles. The summed E-state index contributed by atoms with van der Waals surface area (Å²) in [6.45, 7) is 8.36. The van der Waals surface area contributed by atoms with Gasteiger partial charge in [0, 0.05) is 0 Å². The molecule has 3 heteroatoms. The predicted molar refractivity (Wildman–Crippen MR) is 55.7 cm³/mol. The molecular formula is C11H19N2O+. The minimum Gasteiger partial charge on any atom is -0.368 e. The van der Waals surface area contributed by atoms with Crippen LogP contribution in [0.3, 0.4) is 0 Å². The normalized spacial score (nSPS) is 9.29. The first-order chi connectivity index (χ1) is 6.85. The Kier molecular flexibility index (Phi) is 9.31. The molecule has 0 fully saturated rings. The summed E-state index contributed by atoms with van der Waals surface area (Å²) in [6.07, 6.45) is 0.447. The van der Waals surface area contributed by atoms with Gasteiger partial charge in [-0.25, -0.2) is 0 Å². The molecule has 0 rings (SSSR count). The molecule has 0 aromatic carbocycles. The van der Waals surface area contributed by atoms with E-state index in [4.69, 9.17) is 10.00 Å². The summed E-state index contributed by atoms with van der Waals surface area (Å²) in [4.78, 5) is 1.48. The number of nitrogens with one attached hydrogen (secondary N) is 1. The summed E-state index contributed by atoms with van der Waals surface area (Å²) in [5, 5.41) is 8.24. The van der Waals surface area contributed by atoms with Crippen LogP contribution in [0.25, 0.3) is 0 Å². The lowest BCUT2D eigenvalue weighted by Crippen LogP contribution is -3.11. The molecule has 0 aliphatic rings.